The van der Waals surface area contributed by atoms with Crippen molar-refractivity contribution >= 4 is 21.8 Å². The van der Waals surface area contributed by atoms with Crippen molar-refractivity contribution in [1.82, 2.24) is 5.32 Å². The third-order valence-electron chi connectivity index (χ3n) is 3.07. The summed E-state index contributed by atoms with van der Waals surface area (Å²) in [6, 6.07) is 8.10. The summed E-state index contributed by atoms with van der Waals surface area (Å²) in [6.07, 6.45) is 3.07. The van der Waals surface area contributed by atoms with Gasteiger partial charge in [-0.3, -0.25) is 4.79 Å². The van der Waals surface area contributed by atoms with E-state index in [1.807, 2.05) is 25.1 Å². The van der Waals surface area contributed by atoms with Gasteiger partial charge in [-0.05, 0) is 31.2 Å². The summed E-state index contributed by atoms with van der Waals surface area (Å²) in [5, 5.41) is 2.99. The zero-order valence-corrected chi connectivity index (χ0v) is 11.7. The molecule has 2 rings (SSSR count). The Morgan fingerprint density at radius 1 is 1.53 bits per heavy atom. The van der Waals surface area contributed by atoms with Gasteiger partial charge in [-0.15, -0.1) is 0 Å². The van der Waals surface area contributed by atoms with E-state index >= 15 is 0 Å². The van der Waals surface area contributed by atoms with Gasteiger partial charge in [0.05, 0.1) is 6.42 Å². The van der Waals surface area contributed by atoms with Crippen LogP contribution in [0.15, 0.2) is 24.3 Å². The molecule has 1 fully saturated rings. The van der Waals surface area contributed by atoms with Crippen molar-refractivity contribution in [2.45, 2.75) is 31.0 Å². The number of amides is 1. The standard InChI is InChI=1S/C14H18BrNO/c1-10-3-2-4-11(7-10)8-14(17)16-9-13(15)12-5-6-12/h2-4,7,12-13H,5-6,8-9H2,1H3,(H,16,17). The number of alkyl halides is 1. The Hall–Kier alpha value is -0.830. The van der Waals surface area contributed by atoms with E-state index in [4.69, 9.17) is 0 Å². The van der Waals surface area contributed by atoms with Crippen LogP contribution in [0.2, 0.25) is 0 Å². The number of benzene rings is 1. The van der Waals surface area contributed by atoms with Crippen LogP contribution in [-0.2, 0) is 11.2 Å². The maximum Gasteiger partial charge on any atom is 0.224 e. The molecule has 1 aliphatic rings. The van der Waals surface area contributed by atoms with E-state index in [9.17, 15) is 4.79 Å². The molecule has 1 N–H and O–H groups in total. The van der Waals surface area contributed by atoms with Crippen molar-refractivity contribution in [3.63, 3.8) is 0 Å². The van der Waals surface area contributed by atoms with Gasteiger partial charge >= 0.3 is 0 Å². The molecule has 2 nitrogen and oxygen atoms in total. The fourth-order valence-corrected chi connectivity index (χ4v) is 2.60. The third kappa shape index (κ3) is 4.15. The molecule has 0 radical (unpaired) electrons. The average molecular weight is 296 g/mol. The van der Waals surface area contributed by atoms with E-state index in [1.54, 1.807) is 0 Å². The van der Waals surface area contributed by atoms with Crippen molar-refractivity contribution in [2.75, 3.05) is 6.54 Å². The van der Waals surface area contributed by atoms with Crippen LogP contribution in [0.25, 0.3) is 0 Å². The Labute approximate surface area is 111 Å². The first-order valence-electron chi connectivity index (χ1n) is 6.11. The lowest BCUT2D eigenvalue weighted by Crippen LogP contribution is -2.31. The summed E-state index contributed by atoms with van der Waals surface area (Å²) < 4.78 is 0. The van der Waals surface area contributed by atoms with E-state index in [2.05, 4.69) is 27.3 Å². The summed E-state index contributed by atoms with van der Waals surface area (Å²) in [5.41, 5.74) is 2.28. The largest absolute Gasteiger partial charge is 0.355 e. The molecule has 1 saturated carbocycles. The highest BCUT2D eigenvalue weighted by atomic mass is 79.9. The van der Waals surface area contributed by atoms with Crippen LogP contribution >= 0.6 is 15.9 Å². The average Bonchev–Trinajstić information content (AvgIpc) is 3.09. The number of halogens is 1. The van der Waals surface area contributed by atoms with E-state index < -0.39 is 0 Å². The van der Waals surface area contributed by atoms with E-state index in [1.165, 1.54) is 18.4 Å². The summed E-state index contributed by atoms with van der Waals surface area (Å²) in [6.45, 7) is 2.79. The summed E-state index contributed by atoms with van der Waals surface area (Å²) >= 11 is 3.62. The molecule has 0 aromatic heterocycles. The van der Waals surface area contributed by atoms with E-state index in [0.717, 1.165) is 18.0 Å². The Morgan fingerprint density at radius 2 is 2.29 bits per heavy atom. The number of nitrogens with one attached hydrogen (secondary N) is 1. The highest BCUT2D eigenvalue weighted by molar-refractivity contribution is 9.09. The van der Waals surface area contributed by atoms with Crippen LogP contribution in [0.4, 0.5) is 0 Å². The van der Waals surface area contributed by atoms with E-state index in [-0.39, 0.29) is 5.91 Å². The molecule has 0 heterocycles. The normalized spacial score (nSPS) is 16.6. The molecule has 0 saturated heterocycles. The first kappa shape index (κ1) is 12.6. The van der Waals surface area contributed by atoms with Crippen LogP contribution in [-0.4, -0.2) is 17.3 Å². The second-order valence-electron chi connectivity index (χ2n) is 4.82. The SMILES string of the molecule is Cc1cccc(CC(=O)NCC(Br)C2CC2)c1. The maximum absolute atomic E-state index is 11.7. The number of rotatable bonds is 5. The van der Waals surface area contributed by atoms with E-state index in [0.29, 0.717) is 11.2 Å². The Bertz CT molecular complexity index is 401. The number of aryl methyl sites for hydroxylation is 1. The number of hydrogen-bond acceptors (Lipinski definition) is 1. The van der Waals surface area contributed by atoms with Crippen LogP contribution in [0.5, 0.6) is 0 Å². The first-order valence-corrected chi connectivity index (χ1v) is 7.03. The molecule has 0 spiro atoms. The minimum atomic E-state index is 0.112. The third-order valence-corrected chi connectivity index (χ3v) is 4.15. The molecule has 1 aromatic carbocycles. The van der Waals surface area contributed by atoms with Crippen LogP contribution in [0, 0.1) is 12.8 Å². The highest BCUT2D eigenvalue weighted by Gasteiger charge is 2.29. The molecule has 1 aromatic rings. The number of carbonyl (C=O) groups is 1. The van der Waals surface area contributed by atoms with Crippen LogP contribution < -0.4 is 5.32 Å². The number of hydrogen-bond donors (Lipinski definition) is 1. The van der Waals surface area contributed by atoms with Crippen molar-refractivity contribution < 1.29 is 4.79 Å². The molecule has 1 unspecified atom stereocenters. The topological polar surface area (TPSA) is 29.1 Å². The molecule has 92 valence electrons. The molecule has 3 heteroatoms. The van der Waals surface area contributed by atoms with Crippen LogP contribution in [0.3, 0.4) is 0 Å². The minimum absolute atomic E-state index is 0.112. The molecule has 1 aliphatic carbocycles. The predicted molar refractivity (Wildman–Crippen MR) is 73.3 cm³/mol. The van der Waals surface area contributed by atoms with Gasteiger partial charge in [0.1, 0.15) is 0 Å². The maximum atomic E-state index is 11.7. The lowest BCUT2D eigenvalue weighted by atomic mass is 10.1. The van der Waals surface area contributed by atoms with Gasteiger partial charge in [0.2, 0.25) is 5.91 Å². The summed E-state index contributed by atoms with van der Waals surface area (Å²) in [4.78, 5) is 12.2. The Morgan fingerprint density at radius 3 is 2.94 bits per heavy atom. The van der Waals surface area contributed by atoms with Crippen LogP contribution in [0.1, 0.15) is 24.0 Å². The Balaban J connectivity index is 1.76. The number of carbonyl (C=O) groups excluding carboxylic acids is 1. The van der Waals surface area contributed by atoms with Crippen molar-refractivity contribution in [2.24, 2.45) is 5.92 Å². The molecule has 1 amide bonds. The molecule has 1 atom stereocenters. The minimum Gasteiger partial charge on any atom is -0.355 e. The van der Waals surface area contributed by atoms with Crippen molar-refractivity contribution in [3.8, 4) is 0 Å². The molecular weight excluding hydrogens is 278 g/mol. The van der Waals surface area contributed by atoms with Gasteiger partial charge in [-0.1, -0.05) is 45.8 Å². The fraction of sp³-hybridized carbons (Fsp3) is 0.500. The second kappa shape index (κ2) is 5.67. The van der Waals surface area contributed by atoms with Crippen molar-refractivity contribution in [3.05, 3.63) is 35.4 Å². The molecular formula is C14H18BrNO. The van der Waals surface area contributed by atoms with Gasteiger partial charge in [-0.2, -0.15) is 0 Å². The quantitative estimate of drug-likeness (QED) is 0.832. The van der Waals surface area contributed by atoms with Gasteiger partial charge in [-0.25, -0.2) is 0 Å². The lowest BCUT2D eigenvalue weighted by Gasteiger charge is -2.10. The smallest absolute Gasteiger partial charge is 0.224 e. The zero-order valence-electron chi connectivity index (χ0n) is 10.1. The lowest BCUT2D eigenvalue weighted by molar-refractivity contribution is -0.120. The fourth-order valence-electron chi connectivity index (χ4n) is 1.91. The van der Waals surface area contributed by atoms with Gasteiger partial charge in [0.15, 0.2) is 0 Å². The Kier molecular flexibility index (Phi) is 4.21. The monoisotopic (exact) mass is 295 g/mol. The molecule has 0 bridgehead atoms. The summed E-state index contributed by atoms with van der Waals surface area (Å²) in [7, 11) is 0. The predicted octanol–water partition coefficient (Wildman–Crippen LogP) is 2.83. The molecule has 17 heavy (non-hydrogen) atoms. The van der Waals surface area contributed by atoms with Gasteiger partial charge in [0, 0.05) is 11.4 Å². The van der Waals surface area contributed by atoms with Crippen molar-refractivity contribution in [1.29, 1.82) is 0 Å². The van der Waals surface area contributed by atoms with Gasteiger partial charge in [0.25, 0.3) is 0 Å². The second-order valence-corrected chi connectivity index (χ2v) is 6.00. The zero-order chi connectivity index (χ0) is 12.3. The summed E-state index contributed by atoms with van der Waals surface area (Å²) in [5.74, 6) is 0.884. The first-order chi connectivity index (χ1) is 8.15. The highest BCUT2D eigenvalue weighted by Crippen LogP contribution is 2.36. The van der Waals surface area contributed by atoms with Gasteiger partial charge < -0.3 is 5.32 Å². The molecule has 0 aliphatic heterocycles.